The number of esters is 1. The van der Waals surface area contributed by atoms with Crippen LogP contribution in [0.2, 0.25) is 0 Å². The Kier molecular flexibility index (Phi) is 5.53. The van der Waals surface area contributed by atoms with Gasteiger partial charge in [0.05, 0.1) is 18.3 Å². The fourth-order valence-corrected chi connectivity index (χ4v) is 2.78. The molecule has 1 fully saturated rings. The Balaban J connectivity index is 2.13. The van der Waals surface area contributed by atoms with Gasteiger partial charge in [0.15, 0.2) is 0 Å². The molecule has 1 heterocycles. The molecule has 0 radical (unpaired) electrons. The predicted molar refractivity (Wildman–Crippen MR) is 91.1 cm³/mol. The van der Waals surface area contributed by atoms with Crippen molar-refractivity contribution in [2.45, 2.75) is 64.0 Å². The second-order valence-electron chi connectivity index (χ2n) is 7.11. The van der Waals surface area contributed by atoms with Crippen LogP contribution in [-0.2, 0) is 18.8 Å². The van der Waals surface area contributed by atoms with Crippen molar-refractivity contribution in [3.8, 4) is 0 Å². The van der Waals surface area contributed by atoms with E-state index in [1.807, 2.05) is 18.2 Å². The van der Waals surface area contributed by atoms with Gasteiger partial charge < -0.3 is 14.0 Å². The minimum absolute atomic E-state index is 0.0990. The Morgan fingerprint density at radius 2 is 1.70 bits per heavy atom. The molecule has 1 aromatic rings. The van der Waals surface area contributed by atoms with Crippen LogP contribution in [0.25, 0.3) is 0 Å². The fraction of sp³-hybridized carbons (Fsp3) is 0.611. The predicted octanol–water partition coefficient (Wildman–Crippen LogP) is 3.74. The molecule has 1 saturated heterocycles. The van der Waals surface area contributed by atoms with Gasteiger partial charge in [-0.15, -0.1) is 0 Å². The first-order valence-corrected chi connectivity index (χ1v) is 8.24. The molecule has 0 N–H and O–H groups in total. The minimum Gasteiger partial charge on any atom is -0.469 e. The lowest BCUT2D eigenvalue weighted by Crippen LogP contribution is -2.41. The zero-order valence-corrected chi connectivity index (χ0v) is 14.8. The number of methoxy groups -OCH3 is 1. The van der Waals surface area contributed by atoms with Crippen LogP contribution in [0.5, 0.6) is 0 Å². The quantitative estimate of drug-likeness (QED) is 0.592. The van der Waals surface area contributed by atoms with Crippen LogP contribution >= 0.6 is 0 Å². The highest BCUT2D eigenvalue weighted by Crippen LogP contribution is 2.42. The Morgan fingerprint density at radius 3 is 2.22 bits per heavy atom. The number of hydrogen-bond acceptors (Lipinski definition) is 4. The SMILES string of the molecule is COC(=O)CCC[C@H](B1OC(C)(C)C(C)(C)O1)c1ccccc1. The normalized spacial score (nSPS) is 20.3. The van der Waals surface area contributed by atoms with Crippen LogP contribution in [0, 0.1) is 0 Å². The van der Waals surface area contributed by atoms with Crippen LogP contribution in [0.1, 0.15) is 58.3 Å². The maximum absolute atomic E-state index is 11.4. The molecular formula is C18H27BO4. The van der Waals surface area contributed by atoms with Crippen molar-refractivity contribution in [1.82, 2.24) is 0 Å². The summed E-state index contributed by atoms with van der Waals surface area (Å²) in [7, 11) is 1.12. The van der Waals surface area contributed by atoms with E-state index in [4.69, 9.17) is 14.0 Å². The monoisotopic (exact) mass is 318 g/mol. The molecule has 0 saturated carbocycles. The molecule has 1 atom stereocenters. The van der Waals surface area contributed by atoms with Crippen LogP contribution in [-0.4, -0.2) is 31.4 Å². The Bertz CT molecular complexity index is 511. The number of rotatable bonds is 6. The lowest BCUT2D eigenvalue weighted by Gasteiger charge is -2.32. The van der Waals surface area contributed by atoms with Gasteiger partial charge in [0.1, 0.15) is 0 Å². The molecule has 5 heteroatoms. The van der Waals surface area contributed by atoms with Crippen molar-refractivity contribution in [2.75, 3.05) is 7.11 Å². The number of hydrogen-bond donors (Lipinski definition) is 0. The third-order valence-corrected chi connectivity index (χ3v) is 4.95. The third kappa shape index (κ3) is 4.15. The topological polar surface area (TPSA) is 44.8 Å². The zero-order chi connectivity index (χ0) is 17.1. The number of carbonyl (C=O) groups is 1. The Labute approximate surface area is 139 Å². The van der Waals surface area contributed by atoms with Gasteiger partial charge in [-0.05, 0) is 46.1 Å². The molecule has 1 aromatic carbocycles. The van der Waals surface area contributed by atoms with Gasteiger partial charge in [-0.25, -0.2) is 0 Å². The van der Waals surface area contributed by atoms with E-state index in [0.29, 0.717) is 6.42 Å². The molecule has 0 unspecified atom stereocenters. The number of benzene rings is 1. The maximum Gasteiger partial charge on any atom is 0.465 e. The standard InChI is InChI=1S/C18H27BO4/c1-17(2)18(3,4)23-19(22-17)15(12-9-13-16(20)21-5)14-10-7-6-8-11-14/h6-8,10-11,15H,9,12-13H2,1-5H3/t15-/m0/s1. The van der Waals surface area contributed by atoms with E-state index in [-0.39, 0.29) is 30.1 Å². The van der Waals surface area contributed by atoms with Crippen LogP contribution < -0.4 is 0 Å². The van der Waals surface area contributed by atoms with Crippen molar-refractivity contribution in [3.05, 3.63) is 35.9 Å². The van der Waals surface area contributed by atoms with E-state index in [0.717, 1.165) is 12.8 Å². The first-order chi connectivity index (χ1) is 10.8. The zero-order valence-electron chi connectivity index (χ0n) is 14.8. The van der Waals surface area contributed by atoms with Gasteiger partial charge >= 0.3 is 13.1 Å². The molecule has 0 aliphatic carbocycles. The first kappa shape index (κ1) is 18.0. The molecule has 0 amide bonds. The summed E-state index contributed by atoms with van der Waals surface area (Å²) in [5.41, 5.74) is 0.468. The van der Waals surface area contributed by atoms with E-state index < -0.39 is 0 Å². The van der Waals surface area contributed by atoms with Gasteiger partial charge in [-0.1, -0.05) is 30.3 Å². The molecule has 126 valence electrons. The van der Waals surface area contributed by atoms with Crippen molar-refractivity contribution in [1.29, 1.82) is 0 Å². The smallest absolute Gasteiger partial charge is 0.465 e. The molecule has 4 nitrogen and oxygen atoms in total. The summed E-state index contributed by atoms with van der Waals surface area (Å²) in [5, 5.41) is 0. The van der Waals surface area contributed by atoms with Crippen molar-refractivity contribution < 1.29 is 18.8 Å². The molecule has 1 aliphatic heterocycles. The van der Waals surface area contributed by atoms with E-state index in [9.17, 15) is 4.79 Å². The van der Waals surface area contributed by atoms with Gasteiger partial charge in [0.25, 0.3) is 0 Å². The van der Waals surface area contributed by atoms with Crippen molar-refractivity contribution in [3.63, 3.8) is 0 Å². The first-order valence-electron chi connectivity index (χ1n) is 8.24. The van der Waals surface area contributed by atoms with Gasteiger partial charge in [-0.3, -0.25) is 4.79 Å². The average Bonchev–Trinajstić information content (AvgIpc) is 2.72. The molecule has 1 aliphatic rings. The Hall–Kier alpha value is -1.33. The second-order valence-corrected chi connectivity index (χ2v) is 7.11. The fourth-order valence-electron chi connectivity index (χ4n) is 2.78. The summed E-state index contributed by atoms with van der Waals surface area (Å²) in [6.45, 7) is 8.24. The molecular weight excluding hydrogens is 291 g/mol. The summed E-state index contributed by atoms with van der Waals surface area (Å²) in [6.07, 6.45) is 1.98. The summed E-state index contributed by atoms with van der Waals surface area (Å²) in [5.74, 6) is -0.0763. The van der Waals surface area contributed by atoms with Gasteiger partial charge in [0.2, 0.25) is 0 Å². The number of ether oxygens (including phenoxy) is 1. The molecule has 0 bridgehead atoms. The van der Waals surface area contributed by atoms with E-state index >= 15 is 0 Å². The lowest BCUT2D eigenvalue weighted by atomic mass is 9.65. The van der Waals surface area contributed by atoms with Gasteiger partial charge in [-0.2, -0.15) is 0 Å². The molecule has 0 spiro atoms. The summed E-state index contributed by atoms with van der Waals surface area (Å²) in [6, 6.07) is 10.2. The summed E-state index contributed by atoms with van der Waals surface area (Å²) >= 11 is 0. The van der Waals surface area contributed by atoms with Crippen LogP contribution in [0.15, 0.2) is 30.3 Å². The van der Waals surface area contributed by atoms with E-state index in [1.165, 1.54) is 12.7 Å². The van der Waals surface area contributed by atoms with E-state index in [2.05, 4.69) is 39.8 Å². The lowest BCUT2D eigenvalue weighted by molar-refractivity contribution is -0.140. The molecule has 0 aromatic heterocycles. The third-order valence-electron chi connectivity index (χ3n) is 4.95. The summed E-state index contributed by atoms with van der Waals surface area (Å²) < 4.78 is 17.2. The molecule has 23 heavy (non-hydrogen) atoms. The molecule has 2 rings (SSSR count). The highest BCUT2D eigenvalue weighted by atomic mass is 16.7. The minimum atomic E-state index is -0.354. The van der Waals surface area contributed by atoms with E-state index in [1.54, 1.807) is 0 Å². The Morgan fingerprint density at radius 1 is 1.13 bits per heavy atom. The summed E-state index contributed by atoms with van der Waals surface area (Å²) in [4.78, 5) is 11.4. The van der Waals surface area contributed by atoms with Crippen molar-refractivity contribution in [2.24, 2.45) is 0 Å². The van der Waals surface area contributed by atoms with Crippen molar-refractivity contribution >= 4 is 13.1 Å². The maximum atomic E-state index is 11.4. The van der Waals surface area contributed by atoms with Crippen LogP contribution in [0.4, 0.5) is 0 Å². The number of carbonyl (C=O) groups excluding carboxylic acids is 1. The second kappa shape index (κ2) is 7.06. The highest BCUT2D eigenvalue weighted by Gasteiger charge is 2.53. The average molecular weight is 318 g/mol. The highest BCUT2D eigenvalue weighted by molar-refractivity contribution is 6.47. The van der Waals surface area contributed by atoms with Crippen LogP contribution in [0.3, 0.4) is 0 Å². The largest absolute Gasteiger partial charge is 0.469 e. The van der Waals surface area contributed by atoms with Gasteiger partial charge in [0, 0.05) is 12.2 Å².